The first-order valence-corrected chi connectivity index (χ1v) is 10.5. The largest absolute Gasteiger partial charge is 0.496 e. The lowest BCUT2D eigenvalue weighted by Crippen LogP contribution is -2.36. The van der Waals surface area contributed by atoms with Crippen molar-refractivity contribution < 1.29 is 22.6 Å². The zero-order valence-electron chi connectivity index (χ0n) is 17.5. The Morgan fingerprint density at radius 2 is 1.87 bits per heavy atom. The highest BCUT2D eigenvalue weighted by Crippen LogP contribution is 2.38. The van der Waals surface area contributed by atoms with Gasteiger partial charge in [0.25, 0.3) is 0 Å². The molecule has 0 aromatic heterocycles. The molecule has 1 unspecified atom stereocenters. The second-order valence-corrected chi connectivity index (χ2v) is 8.05. The summed E-state index contributed by atoms with van der Waals surface area (Å²) in [6.07, 6.45) is -1.20. The number of rotatable bonds is 6. The van der Waals surface area contributed by atoms with E-state index in [2.05, 4.69) is 24.8 Å². The van der Waals surface area contributed by atoms with Gasteiger partial charge in [-0.2, -0.15) is 13.2 Å². The molecule has 3 nitrogen and oxygen atoms in total. The average molecular weight is 442 g/mol. The fraction of sp³-hybridized carbons (Fsp3) is 0.478. The maximum absolute atomic E-state index is 13.0. The molecule has 2 aromatic rings. The highest BCUT2D eigenvalue weighted by molar-refractivity contribution is 6.31. The van der Waals surface area contributed by atoms with Crippen LogP contribution in [0.25, 0.3) is 0 Å². The lowest BCUT2D eigenvalue weighted by molar-refractivity contribution is -0.137. The van der Waals surface area contributed by atoms with Gasteiger partial charge in [0, 0.05) is 12.6 Å². The minimum absolute atomic E-state index is 0.178. The Labute approximate surface area is 180 Å². The lowest BCUT2D eigenvalue weighted by Gasteiger charge is -2.37. The highest BCUT2D eigenvalue weighted by atomic mass is 35.5. The number of alkyl halides is 3. The molecular weight excluding hydrogens is 415 g/mol. The number of methoxy groups -OCH3 is 1. The molecule has 0 spiro atoms. The molecule has 1 fully saturated rings. The molecule has 1 heterocycles. The average Bonchev–Trinajstić information content (AvgIpc) is 2.71. The standard InChI is InChI=1S/C23H27ClF3NO2/c1-15-16(2)22(29-3)10-8-18(15)21-6-4-5-11-28(21)12-13-30-17-7-9-20(24)19(14-17)23(25,26)27/h7-10,14,21H,4-6,11-13H2,1-3H3. The Bertz CT molecular complexity index is 885. The maximum Gasteiger partial charge on any atom is 0.417 e. The molecule has 1 aliphatic rings. The fourth-order valence-electron chi connectivity index (χ4n) is 4.10. The van der Waals surface area contributed by atoms with Crippen molar-refractivity contribution in [2.45, 2.75) is 45.3 Å². The summed E-state index contributed by atoms with van der Waals surface area (Å²) in [4.78, 5) is 2.36. The Kier molecular flexibility index (Phi) is 7.19. The zero-order valence-corrected chi connectivity index (χ0v) is 18.2. The van der Waals surface area contributed by atoms with Gasteiger partial charge in [0.15, 0.2) is 0 Å². The van der Waals surface area contributed by atoms with Gasteiger partial charge in [-0.3, -0.25) is 4.90 Å². The summed E-state index contributed by atoms with van der Waals surface area (Å²) in [5.74, 6) is 1.06. The molecule has 0 aliphatic carbocycles. The van der Waals surface area contributed by atoms with Crippen LogP contribution in [0, 0.1) is 13.8 Å². The fourth-order valence-corrected chi connectivity index (χ4v) is 4.33. The third kappa shape index (κ3) is 5.03. The van der Waals surface area contributed by atoms with E-state index in [1.807, 2.05) is 6.07 Å². The Balaban J connectivity index is 1.70. The van der Waals surface area contributed by atoms with Gasteiger partial charge in [-0.05, 0) is 74.2 Å². The predicted octanol–water partition coefficient (Wildman–Crippen LogP) is 6.59. The summed E-state index contributed by atoms with van der Waals surface area (Å²) in [6.45, 7) is 6.06. The van der Waals surface area contributed by atoms with E-state index in [4.69, 9.17) is 21.1 Å². The Morgan fingerprint density at radius 3 is 2.57 bits per heavy atom. The molecule has 0 bridgehead atoms. The third-order valence-corrected chi connectivity index (χ3v) is 6.19. The van der Waals surface area contributed by atoms with Gasteiger partial charge in [0.2, 0.25) is 0 Å². The normalized spacial score (nSPS) is 17.8. The molecule has 2 aromatic carbocycles. The van der Waals surface area contributed by atoms with Gasteiger partial charge in [0.05, 0.1) is 17.7 Å². The first kappa shape index (κ1) is 22.8. The van der Waals surface area contributed by atoms with Crippen molar-refractivity contribution in [3.05, 3.63) is 57.6 Å². The van der Waals surface area contributed by atoms with Gasteiger partial charge < -0.3 is 9.47 Å². The van der Waals surface area contributed by atoms with E-state index < -0.39 is 11.7 Å². The molecule has 7 heteroatoms. The Morgan fingerprint density at radius 1 is 1.10 bits per heavy atom. The van der Waals surface area contributed by atoms with Crippen LogP contribution in [0.5, 0.6) is 11.5 Å². The molecule has 1 atom stereocenters. The van der Waals surface area contributed by atoms with Crippen molar-refractivity contribution in [2.75, 3.05) is 26.8 Å². The van der Waals surface area contributed by atoms with Crippen LogP contribution in [0.1, 0.15) is 47.6 Å². The highest BCUT2D eigenvalue weighted by Gasteiger charge is 2.33. The topological polar surface area (TPSA) is 21.7 Å². The van der Waals surface area contributed by atoms with E-state index in [1.54, 1.807) is 7.11 Å². The van der Waals surface area contributed by atoms with Gasteiger partial charge >= 0.3 is 6.18 Å². The van der Waals surface area contributed by atoms with Crippen LogP contribution in [0.3, 0.4) is 0 Å². The maximum atomic E-state index is 13.0. The number of hydrogen-bond acceptors (Lipinski definition) is 3. The molecule has 0 radical (unpaired) electrons. The second kappa shape index (κ2) is 9.48. The van der Waals surface area contributed by atoms with Gasteiger partial charge in [0.1, 0.15) is 18.1 Å². The molecule has 164 valence electrons. The molecule has 0 amide bonds. The smallest absolute Gasteiger partial charge is 0.417 e. The molecule has 30 heavy (non-hydrogen) atoms. The number of piperidine rings is 1. The molecule has 1 saturated heterocycles. The Hall–Kier alpha value is -1.92. The van der Waals surface area contributed by atoms with Crippen LogP contribution < -0.4 is 9.47 Å². The van der Waals surface area contributed by atoms with Crippen LogP contribution in [0.4, 0.5) is 13.2 Å². The third-order valence-electron chi connectivity index (χ3n) is 5.86. The van der Waals surface area contributed by atoms with E-state index in [1.165, 1.54) is 23.3 Å². The molecule has 0 N–H and O–H groups in total. The van der Waals surface area contributed by atoms with Crippen LogP contribution in [0.2, 0.25) is 5.02 Å². The van der Waals surface area contributed by atoms with Crippen molar-refractivity contribution in [1.29, 1.82) is 0 Å². The number of halogens is 4. The summed E-state index contributed by atoms with van der Waals surface area (Å²) in [7, 11) is 1.67. The summed E-state index contributed by atoms with van der Waals surface area (Å²) >= 11 is 5.68. The predicted molar refractivity (Wildman–Crippen MR) is 113 cm³/mol. The van der Waals surface area contributed by atoms with Gasteiger partial charge in [-0.1, -0.05) is 24.1 Å². The van der Waals surface area contributed by atoms with Crippen LogP contribution >= 0.6 is 11.6 Å². The monoisotopic (exact) mass is 441 g/mol. The van der Waals surface area contributed by atoms with Crippen molar-refractivity contribution in [1.82, 2.24) is 4.90 Å². The van der Waals surface area contributed by atoms with Crippen molar-refractivity contribution in [2.24, 2.45) is 0 Å². The van der Waals surface area contributed by atoms with Crippen molar-refractivity contribution >= 4 is 11.6 Å². The number of likely N-dealkylation sites (tertiary alicyclic amines) is 1. The van der Waals surface area contributed by atoms with E-state index in [-0.39, 0.29) is 16.8 Å². The molecule has 0 saturated carbocycles. The second-order valence-electron chi connectivity index (χ2n) is 7.64. The number of nitrogens with zero attached hydrogens (tertiary/aromatic N) is 1. The van der Waals surface area contributed by atoms with Gasteiger partial charge in [-0.25, -0.2) is 0 Å². The number of benzene rings is 2. The van der Waals surface area contributed by atoms with Crippen molar-refractivity contribution in [3.63, 3.8) is 0 Å². The van der Waals surface area contributed by atoms with Crippen LogP contribution in [-0.2, 0) is 6.18 Å². The first-order chi connectivity index (χ1) is 14.2. The van der Waals surface area contributed by atoms with Crippen LogP contribution in [0.15, 0.2) is 30.3 Å². The summed E-state index contributed by atoms with van der Waals surface area (Å²) in [5, 5.41) is -0.323. The van der Waals surface area contributed by atoms with E-state index >= 15 is 0 Å². The van der Waals surface area contributed by atoms with E-state index in [0.29, 0.717) is 13.2 Å². The minimum Gasteiger partial charge on any atom is -0.496 e. The number of hydrogen-bond donors (Lipinski definition) is 0. The summed E-state index contributed by atoms with van der Waals surface area (Å²) < 4.78 is 50.2. The van der Waals surface area contributed by atoms with Crippen LogP contribution in [-0.4, -0.2) is 31.7 Å². The quantitative estimate of drug-likeness (QED) is 0.504. The van der Waals surface area contributed by atoms with Gasteiger partial charge in [-0.15, -0.1) is 0 Å². The van der Waals surface area contributed by atoms with Crippen molar-refractivity contribution in [3.8, 4) is 11.5 Å². The molecule has 1 aliphatic heterocycles. The summed E-state index contributed by atoms with van der Waals surface area (Å²) in [5.41, 5.74) is 2.76. The number of ether oxygens (including phenoxy) is 2. The van der Waals surface area contributed by atoms with E-state index in [0.717, 1.165) is 43.2 Å². The first-order valence-electron chi connectivity index (χ1n) is 10.1. The lowest BCUT2D eigenvalue weighted by atomic mass is 9.90. The SMILES string of the molecule is COc1ccc(C2CCCCN2CCOc2ccc(Cl)c(C(F)(F)F)c2)c(C)c1C. The zero-order chi connectivity index (χ0) is 21.9. The minimum atomic E-state index is -4.50. The van der Waals surface area contributed by atoms with E-state index in [9.17, 15) is 13.2 Å². The molecule has 3 rings (SSSR count). The summed E-state index contributed by atoms with van der Waals surface area (Å²) in [6, 6.07) is 8.07. The molecular formula is C23H27ClF3NO2.